The Morgan fingerprint density at radius 2 is 1.56 bits per heavy atom. The fraction of sp³-hybridized carbons (Fsp3) is 0.463. The molecule has 0 spiro atoms. The summed E-state index contributed by atoms with van der Waals surface area (Å²) >= 11 is 6.69. The Kier molecular flexibility index (Phi) is 15.1. The molecule has 2 atom stereocenters. The number of benzene rings is 4. The molecule has 0 unspecified atom stereocenters. The molecule has 5 aliphatic rings. The van der Waals surface area contributed by atoms with Gasteiger partial charge in [-0.05, 0) is 99.7 Å². The van der Waals surface area contributed by atoms with Crippen molar-refractivity contribution in [1.82, 2.24) is 20.4 Å². The molecule has 6 amide bonds. The first-order valence-corrected chi connectivity index (χ1v) is 25.3. The highest BCUT2D eigenvalue weighted by atomic mass is 35.5. The van der Waals surface area contributed by atoms with Gasteiger partial charge in [0, 0.05) is 92.0 Å². The third-order valence-corrected chi connectivity index (χ3v) is 15.7. The standard InChI is InChI=1S/C54H61ClF2N6O9/c1-31-27-38(13-15-41(31)63-26-21-44(64)60-53(63)68)70-29-45(65)61-22-17-36(18-23-61)71-37-19-24-62(25-20-37)52(67)33-9-11-35(12-10-33)59-30-54(34-7-5-4-6-8-34)32(2)46-43(72-54)28-40(56)49(55)48(46)47-39(51(58)66)14-16-42(69-3)50(47)57/h4-8,13-16,27-28,32-33,35-37,59H,9-12,17-26,29-30H2,1-3H3,(H2,58,66)(H,60,64,68)/t32-,33?,35?,54-/m0/s1. The summed E-state index contributed by atoms with van der Waals surface area (Å²) in [7, 11) is 1.29. The van der Waals surface area contributed by atoms with Gasteiger partial charge in [-0.2, -0.15) is 0 Å². The van der Waals surface area contributed by atoms with Crippen molar-refractivity contribution in [2.75, 3.05) is 57.9 Å². The number of halogens is 3. The van der Waals surface area contributed by atoms with Gasteiger partial charge in [0.15, 0.2) is 23.8 Å². The summed E-state index contributed by atoms with van der Waals surface area (Å²) in [4.78, 5) is 68.8. The fourth-order valence-electron chi connectivity index (χ4n) is 11.3. The average molecular weight is 1010 g/mol. The number of fused-ring (bicyclic) bond motifs is 1. The number of amides is 6. The predicted molar refractivity (Wildman–Crippen MR) is 265 cm³/mol. The number of anilines is 1. The number of likely N-dealkylation sites (tertiary alicyclic amines) is 2. The van der Waals surface area contributed by atoms with Gasteiger partial charge in [0.25, 0.3) is 5.91 Å². The molecule has 4 fully saturated rings. The molecular weight excluding hydrogens is 950 g/mol. The number of hydrogen-bond donors (Lipinski definition) is 3. The number of carbonyl (C=O) groups excluding carboxylic acids is 5. The Bertz CT molecular complexity index is 2720. The van der Waals surface area contributed by atoms with Crippen LogP contribution in [0.4, 0.5) is 19.3 Å². The molecule has 4 aromatic carbocycles. The summed E-state index contributed by atoms with van der Waals surface area (Å²) in [5.41, 5.74) is 6.93. The fourth-order valence-corrected chi connectivity index (χ4v) is 11.5. The van der Waals surface area contributed by atoms with Crippen molar-refractivity contribution >= 4 is 46.9 Å². The normalized spacial score (nSPS) is 22.8. The number of nitrogens with one attached hydrogen (secondary N) is 2. The maximum Gasteiger partial charge on any atom is 0.328 e. The second-order valence-electron chi connectivity index (χ2n) is 19.6. The van der Waals surface area contributed by atoms with E-state index >= 15 is 8.78 Å². The van der Waals surface area contributed by atoms with E-state index in [4.69, 9.17) is 36.3 Å². The molecule has 3 saturated heterocycles. The highest BCUT2D eigenvalue weighted by Gasteiger charge is 2.50. The number of aryl methyl sites for hydroxylation is 1. The maximum absolute atomic E-state index is 16.2. The van der Waals surface area contributed by atoms with Crippen LogP contribution < -0.4 is 35.5 Å². The van der Waals surface area contributed by atoms with E-state index in [0.29, 0.717) is 56.3 Å². The van der Waals surface area contributed by atoms with Crippen molar-refractivity contribution in [3.8, 4) is 28.4 Å². The number of urea groups is 1. The molecule has 0 bridgehead atoms. The third kappa shape index (κ3) is 10.2. The van der Waals surface area contributed by atoms with Crippen molar-refractivity contribution < 1.29 is 51.7 Å². The van der Waals surface area contributed by atoms with E-state index < -0.39 is 35.1 Å². The minimum Gasteiger partial charge on any atom is -0.494 e. The zero-order valence-corrected chi connectivity index (χ0v) is 41.5. The lowest BCUT2D eigenvalue weighted by Crippen LogP contribution is -2.49. The summed E-state index contributed by atoms with van der Waals surface area (Å²) in [5, 5.41) is 5.70. The van der Waals surface area contributed by atoms with Crippen LogP contribution in [-0.2, 0) is 24.7 Å². The van der Waals surface area contributed by atoms with Crippen LogP contribution in [0.3, 0.4) is 0 Å². The lowest BCUT2D eigenvalue weighted by Gasteiger charge is -2.39. The van der Waals surface area contributed by atoms with E-state index in [9.17, 15) is 24.0 Å². The quantitative estimate of drug-likeness (QED) is 0.113. The van der Waals surface area contributed by atoms with E-state index in [0.717, 1.165) is 62.5 Å². The Labute approximate surface area is 422 Å². The van der Waals surface area contributed by atoms with Crippen molar-refractivity contribution in [2.24, 2.45) is 11.7 Å². The monoisotopic (exact) mass is 1010 g/mol. The molecule has 9 rings (SSSR count). The first kappa shape index (κ1) is 50.6. The molecule has 72 heavy (non-hydrogen) atoms. The lowest BCUT2D eigenvalue weighted by atomic mass is 9.77. The number of methoxy groups -OCH3 is 1. The minimum atomic E-state index is -1.09. The largest absolute Gasteiger partial charge is 0.494 e. The van der Waals surface area contributed by atoms with E-state index in [1.54, 1.807) is 23.1 Å². The molecule has 382 valence electrons. The number of ether oxygens (including phenoxy) is 4. The number of nitrogens with zero attached hydrogens (tertiary/aromatic N) is 3. The first-order chi connectivity index (χ1) is 34.6. The summed E-state index contributed by atoms with van der Waals surface area (Å²) in [6, 6.07) is 18.3. The summed E-state index contributed by atoms with van der Waals surface area (Å²) in [6.45, 7) is 6.66. The van der Waals surface area contributed by atoms with Crippen LogP contribution in [0.2, 0.25) is 5.02 Å². The van der Waals surface area contributed by atoms with Crippen LogP contribution in [0.5, 0.6) is 17.2 Å². The number of primary amides is 1. The molecule has 4 aromatic rings. The van der Waals surface area contributed by atoms with E-state index in [1.165, 1.54) is 30.2 Å². The smallest absolute Gasteiger partial charge is 0.328 e. The molecule has 4 aliphatic heterocycles. The van der Waals surface area contributed by atoms with Crippen LogP contribution in [0.1, 0.15) is 97.7 Å². The zero-order chi connectivity index (χ0) is 50.8. The van der Waals surface area contributed by atoms with Crippen LogP contribution >= 0.6 is 11.6 Å². The van der Waals surface area contributed by atoms with E-state index in [-0.39, 0.29) is 88.1 Å². The molecule has 1 aliphatic carbocycles. The molecule has 4 N–H and O–H groups in total. The minimum absolute atomic E-state index is 0.0149. The highest BCUT2D eigenvalue weighted by molar-refractivity contribution is 6.34. The molecule has 0 radical (unpaired) electrons. The number of imide groups is 1. The van der Waals surface area contributed by atoms with Crippen LogP contribution in [-0.4, -0.2) is 111 Å². The summed E-state index contributed by atoms with van der Waals surface area (Å²) in [6.07, 6.45) is 6.19. The van der Waals surface area contributed by atoms with Gasteiger partial charge in [-0.3, -0.25) is 29.4 Å². The third-order valence-electron chi connectivity index (χ3n) is 15.3. The topological polar surface area (TPSA) is 182 Å². The Morgan fingerprint density at radius 1 is 0.875 bits per heavy atom. The van der Waals surface area contributed by atoms with Gasteiger partial charge in [-0.15, -0.1) is 0 Å². The van der Waals surface area contributed by atoms with E-state index in [2.05, 4.69) is 10.6 Å². The molecule has 15 nitrogen and oxygen atoms in total. The highest BCUT2D eigenvalue weighted by Crippen LogP contribution is 2.56. The number of carbonyl (C=O) groups is 5. The maximum atomic E-state index is 16.2. The number of rotatable bonds is 14. The molecular formula is C54H61ClF2N6O9. The van der Waals surface area contributed by atoms with Gasteiger partial charge < -0.3 is 39.8 Å². The number of hydrogen-bond acceptors (Lipinski definition) is 10. The van der Waals surface area contributed by atoms with Gasteiger partial charge in [0.1, 0.15) is 17.3 Å². The van der Waals surface area contributed by atoms with Gasteiger partial charge >= 0.3 is 6.03 Å². The molecule has 18 heteroatoms. The summed E-state index contributed by atoms with van der Waals surface area (Å²) < 4.78 is 56.4. The zero-order valence-electron chi connectivity index (χ0n) is 40.8. The predicted octanol–water partition coefficient (Wildman–Crippen LogP) is 7.76. The van der Waals surface area contributed by atoms with Crippen LogP contribution in [0.15, 0.2) is 66.7 Å². The van der Waals surface area contributed by atoms with Gasteiger partial charge in [-0.25, -0.2) is 13.6 Å². The van der Waals surface area contributed by atoms with Crippen molar-refractivity contribution in [1.29, 1.82) is 0 Å². The number of nitrogens with two attached hydrogens (primary N) is 1. The van der Waals surface area contributed by atoms with Crippen LogP contribution in [0.25, 0.3) is 11.1 Å². The van der Waals surface area contributed by atoms with Crippen molar-refractivity contribution in [3.63, 3.8) is 0 Å². The second-order valence-corrected chi connectivity index (χ2v) is 19.9. The van der Waals surface area contributed by atoms with E-state index in [1.807, 2.05) is 49.1 Å². The van der Waals surface area contributed by atoms with Crippen molar-refractivity contribution in [2.45, 2.75) is 101 Å². The summed E-state index contributed by atoms with van der Waals surface area (Å²) in [5.74, 6) is -2.95. The molecule has 1 saturated carbocycles. The molecule has 0 aromatic heterocycles. The van der Waals surface area contributed by atoms with Crippen LogP contribution in [0, 0.1) is 24.5 Å². The first-order valence-electron chi connectivity index (χ1n) is 24.9. The SMILES string of the molecule is COc1ccc(C(N)=O)c(-c2c(Cl)c(F)cc3c2[C@H](C)[C@@](CNC2CCC(C(=O)N4CCC(OC5CCN(C(=O)COc6ccc(N7CCC(=O)NC7=O)c(C)c6)CC5)CC4)CC2)(c2ccccc2)O3)c1F. The molecule has 4 heterocycles. The second kappa shape index (κ2) is 21.4. The van der Waals surface area contributed by atoms with Crippen molar-refractivity contribution in [3.05, 3.63) is 106 Å². The number of piperidine rings is 2. The van der Waals surface area contributed by atoms with Gasteiger partial charge in [0.2, 0.25) is 17.7 Å². The Hall–Kier alpha value is -6.30. The Balaban J connectivity index is 0.743. The van der Waals surface area contributed by atoms with Gasteiger partial charge in [0.05, 0.1) is 29.9 Å². The lowest BCUT2D eigenvalue weighted by molar-refractivity contribution is -0.141. The average Bonchev–Trinajstić information content (AvgIpc) is 3.66. The van der Waals surface area contributed by atoms with Gasteiger partial charge in [-0.1, -0.05) is 48.9 Å². The Morgan fingerprint density at radius 3 is 2.19 bits per heavy atom.